The van der Waals surface area contributed by atoms with Gasteiger partial charge in [0.25, 0.3) is 10.0 Å². The number of hydrogen-bond donors (Lipinski definition) is 2. The Kier molecular flexibility index (Phi) is 5.43. The van der Waals surface area contributed by atoms with Gasteiger partial charge in [0.1, 0.15) is 4.90 Å². The molecule has 0 bridgehead atoms. The summed E-state index contributed by atoms with van der Waals surface area (Å²) < 4.78 is 28.2. The number of nitrogens with one attached hydrogen (secondary N) is 2. The quantitative estimate of drug-likeness (QED) is 0.826. The van der Waals surface area contributed by atoms with Crippen molar-refractivity contribution < 1.29 is 13.3 Å². The lowest BCUT2D eigenvalue weighted by molar-refractivity contribution is -0.880. The molecule has 0 saturated carbocycles. The van der Waals surface area contributed by atoms with Crippen LogP contribution in [0.1, 0.15) is 0 Å². The standard InChI is InChI=1S/C17H19Cl2N3O2S/c1-21-8-10-22(11-9-21)16-7-6-13(18)12-15(16)20-25(23,24)17-5-3-2-4-14(17)19/h2-7,12,20H,8-11H2,1H3/p+1. The maximum absolute atomic E-state index is 12.8. The molecule has 0 aromatic heterocycles. The monoisotopic (exact) mass is 400 g/mol. The van der Waals surface area contributed by atoms with Crippen LogP contribution in [-0.4, -0.2) is 41.6 Å². The topological polar surface area (TPSA) is 53.9 Å². The summed E-state index contributed by atoms with van der Waals surface area (Å²) in [4.78, 5) is 3.68. The summed E-state index contributed by atoms with van der Waals surface area (Å²) >= 11 is 12.2. The Hall–Kier alpha value is -1.47. The molecule has 134 valence electrons. The molecule has 1 saturated heterocycles. The van der Waals surface area contributed by atoms with E-state index in [0.717, 1.165) is 31.9 Å². The van der Waals surface area contributed by atoms with Crippen molar-refractivity contribution >= 4 is 44.6 Å². The van der Waals surface area contributed by atoms with Gasteiger partial charge in [0.2, 0.25) is 0 Å². The fraction of sp³-hybridized carbons (Fsp3) is 0.294. The Morgan fingerprint density at radius 3 is 2.44 bits per heavy atom. The maximum atomic E-state index is 12.8. The highest BCUT2D eigenvalue weighted by Gasteiger charge is 2.23. The van der Waals surface area contributed by atoms with E-state index >= 15 is 0 Å². The second kappa shape index (κ2) is 7.41. The third-order valence-electron chi connectivity index (χ3n) is 4.29. The average Bonchev–Trinajstić information content (AvgIpc) is 2.56. The Balaban J connectivity index is 1.94. The van der Waals surface area contributed by atoms with Crippen molar-refractivity contribution in [2.45, 2.75) is 4.90 Å². The molecule has 2 N–H and O–H groups in total. The summed E-state index contributed by atoms with van der Waals surface area (Å²) in [5.41, 5.74) is 1.29. The first-order chi connectivity index (χ1) is 11.9. The van der Waals surface area contributed by atoms with Crippen LogP contribution in [-0.2, 0) is 10.0 Å². The molecular formula is C17H20Cl2N3O2S+. The molecule has 8 heteroatoms. The number of likely N-dealkylation sites (N-methyl/N-ethyl adjacent to an activating group) is 1. The lowest BCUT2D eigenvalue weighted by atomic mass is 10.2. The lowest BCUT2D eigenvalue weighted by Gasteiger charge is -2.33. The van der Waals surface area contributed by atoms with Crippen molar-refractivity contribution in [3.63, 3.8) is 0 Å². The third kappa shape index (κ3) is 4.20. The van der Waals surface area contributed by atoms with Crippen LogP contribution in [0.3, 0.4) is 0 Å². The highest BCUT2D eigenvalue weighted by molar-refractivity contribution is 7.92. The van der Waals surface area contributed by atoms with Gasteiger partial charge in [0, 0.05) is 5.02 Å². The predicted octanol–water partition coefficient (Wildman–Crippen LogP) is 2.13. The number of anilines is 2. The number of rotatable bonds is 4. The minimum absolute atomic E-state index is 0.0467. The summed E-state index contributed by atoms with van der Waals surface area (Å²) in [5, 5.41) is 0.655. The average molecular weight is 401 g/mol. The van der Waals surface area contributed by atoms with Crippen LogP contribution in [0, 0.1) is 0 Å². The van der Waals surface area contributed by atoms with Crippen molar-refractivity contribution in [1.82, 2.24) is 0 Å². The highest BCUT2D eigenvalue weighted by atomic mass is 35.5. The van der Waals surface area contributed by atoms with Crippen molar-refractivity contribution in [2.24, 2.45) is 0 Å². The van der Waals surface area contributed by atoms with E-state index in [1.807, 2.05) is 6.07 Å². The van der Waals surface area contributed by atoms with Gasteiger partial charge in [-0.2, -0.15) is 0 Å². The first kappa shape index (κ1) is 18.3. The molecule has 0 radical (unpaired) electrons. The molecule has 1 aliphatic heterocycles. The zero-order valence-corrected chi connectivity index (χ0v) is 16.1. The number of quaternary nitrogens is 1. The van der Waals surface area contributed by atoms with Gasteiger partial charge < -0.3 is 9.80 Å². The molecule has 2 aromatic carbocycles. The third-order valence-corrected chi connectivity index (χ3v) is 6.39. The zero-order valence-electron chi connectivity index (χ0n) is 13.8. The van der Waals surface area contributed by atoms with Crippen LogP contribution in [0.25, 0.3) is 0 Å². The van der Waals surface area contributed by atoms with E-state index in [-0.39, 0.29) is 9.92 Å². The molecule has 25 heavy (non-hydrogen) atoms. The minimum Gasteiger partial charge on any atom is -0.359 e. The lowest BCUT2D eigenvalue weighted by Crippen LogP contribution is -3.12. The van der Waals surface area contributed by atoms with Crippen LogP contribution >= 0.6 is 23.2 Å². The van der Waals surface area contributed by atoms with E-state index in [0.29, 0.717) is 10.7 Å². The maximum Gasteiger partial charge on any atom is 0.263 e. The molecule has 1 fully saturated rings. The second-order valence-electron chi connectivity index (χ2n) is 6.14. The molecule has 1 aliphatic rings. The van der Waals surface area contributed by atoms with Gasteiger partial charge in [-0.15, -0.1) is 0 Å². The van der Waals surface area contributed by atoms with Crippen LogP contribution in [0.5, 0.6) is 0 Å². The Morgan fingerprint density at radius 1 is 1.08 bits per heavy atom. The first-order valence-corrected chi connectivity index (χ1v) is 10.2. The molecule has 0 spiro atoms. The SMILES string of the molecule is C[NH+]1CCN(c2ccc(Cl)cc2NS(=O)(=O)c2ccccc2Cl)CC1. The molecule has 0 unspecified atom stereocenters. The molecular weight excluding hydrogens is 381 g/mol. The molecule has 0 aliphatic carbocycles. The van der Waals surface area contributed by atoms with E-state index in [1.165, 1.54) is 11.0 Å². The van der Waals surface area contributed by atoms with Crippen LogP contribution in [0.4, 0.5) is 11.4 Å². The molecule has 5 nitrogen and oxygen atoms in total. The van der Waals surface area contributed by atoms with Crippen molar-refractivity contribution in [3.05, 3.63) is 52.5 Å². The van der Waals surface area contributed by atoms with Gasteiger partial charge in [-0.1, -0.05) is 35.3 Å². The normalized spacial score (nSPS) is 16.0. The molecule has 3 rings (SSSR count). The number of nitrogens with zero attached hydrogens (tertiary/aromatic N) is 1. The number of hydrogen-bond acceptors (Lipinski definition) is 3. The van der Waals surface area contributed by atoms with Gasteiger partial charge in [-0.05, 0) is 30.3 Å². The molecule has 0 atom stereocenters. The summed E-state index contributed by atoms with van der Waals surface area (Å²) in [6, 6.07) is 11.6. The first-order valence-electron chi connectivity index (χ1n) is 8.00. The Labute approximate surface area is 158 Å². The van der Waals surface area contributed by atoms with Crippen molar-refractivity contribution in [3.8, 4) is 0 Å². The highest BCUT2D eigenvalue weighted by Crippen LogP contribution is 2.32. The fourth-order valence-electron chi connectivity index (χ4n) is 2.86. The van der Waals surface area contributed by atoms with E-state index in [1.54, 1.807) is 30.3 Å². The van der Waals surface area contributed by atoms with Crippen LogP contribution < -0.4 is 14.5 Å². The van der Waals surface area contributed by atoms with Crippen LogP contribution in [0.2, 0.25) is 10.0 Å². The van der Waals surface area contributed by atoms with Gasteiger partial charge in [0.05, 0.1) is 49.6 Å². The number of benzene rings is 2. The Morgan fingerprint density at radius 2 is 1.76 bits per heavy atom. The minimum atomic E-state index is -3.81. The molecule has 1 heterocycles. The summed E-state index contributed by atoms with van der Waals surface area (Å²) in [6.45, 7) is 3.71. The van der Waals surface area contributed by atoms with E-state index < -0.39 is 10.0 Å². The van der Waals surface area contributed by atoms with Gasteiger partial charge in [-0.3, -0.25) is 4.72 Å². The largest absolute Gasteiger partial charge is 0.359 e. The molecule has 0 amide bonds. The smallest absolute Gasteiger partial charge is 0.263 e. The van der Waals surface area contributed by atoms with E-state index in [9.17, 15) is 8.42 Å². The van der Waals surface area contributed by atoms with E-state index in [2.05, 4.69) is 16.7 Å². The van der Waals surface area contributed by atoms with Gasteiger partial charge in [0.15, 0.2) is 0 Å². The van der Waals surface area contributed by atoms with Crippen molar-refractivity contribution in [2.75, 3.05) is 42.8 Å². The molecule has 2 aromatic rings. The number of sulfonamides is 1. The fourth-order valence-corrected chi connectivity index (χ4v) is 4.62. The van der Waals surface area contributed by atoms with E-state index in [4.69, 9.17) is 23.2 Å². The van der Waals surface area contributed by atoms with Gasteiger partial charge in [-0.25, -0.2) is 8.42 Å². The summed E-state index contributed by atoms with van der Waals surface area (Å²) in [5.74, 6) is 0. The summed E-state index contributed by atoms with van der Waals surface area (Å²) in [6.07, 6.45) is 0. The van der Waals surface area contributed by atoms with Gasteiger partial charge >= 0.3 is 0 Å². The second-order valence-corrected chi connectivity index (χ2v) is 8.64. The predicted molar refractivity (Wildman–Crippen MR) is 103 cm³/mol. The number of piperazine rings is 1. The Bertz CT molecular complexity index is 866. The summed E-state index contributed by atoms with van der Waals surface area (Å²) in [7, 11) is -1.65. The number of halogens is 2. The van der Waals surface area contributed by atoms with Crippen LogP contribution in [0.15, 0.2) is 47.4 Å². The zero-order chi connectivity index (χ0) is 18.0. The van der Waals surface area contributed by atoms with Crippen molar-refractivity contribution in [1.29, 1.82) is 0 Å².